The zero-order chi connectivity index (χ0) is 13.3. The minimum Gasteiger partial charge on any atom is -0.365 e. The number of carbonyl (C=O) groups excluding carboxylic acids is 2. The third-order valence-corrected chi connectivity index (χ3v) is 2.85. The van der Waals surface area contributed by atoms with Gasteiger partial charge in [-0.05, 0) is 13.0 Å². The van der Waals surface area contributed by atoms with Crippen LogP contribution >= 0.6 is 0 Å². The van der Waals surface area contributed by atoms with Gasteiger partial charge in [-0.3, -0.25) is 9.59 Å². The normalized spacial score (nSPS) is 16.2. The molecule has 0 fully saturated rings. The predicted octanol–water partition coefficient (Wildman–Crippen LogP) is 0.816. The van der Waals surface area contributed by atoms with Gasteiger partial charge in [0.1, 0.15) is 11.6 Å². The average molecular weight is 241 g/mol. The van der Waals surface area contributed by atoms with E-state index in [4.69, 9.17) is 11.0 Å². The lowest BCUT2D eigenvalue weighted by atomic mass is 10.0. The number of amides is 2. The van der Waals surface area contributed by atoms with E-state index in [9.17, 15) is 9.59 Å². The average Bonchev–Trinajstić information content (AvgIpc) is 2.63. The summed E-state index contributed by atoms with van der Waals surface area (Å²) in [5, 5.41) is 8.98. The molecule has 18 heavy (non-hydrogen) atoms. The van der Waals surface area contributed by atoms with Gasteiger partial charge in [-0.2, -0.15) is 5.26 Å². The Balaban J connectivity index is 2.76. The van der Waals surface area contributed by atoms with Crippen molar-refractivity contribution in [2.45, 2.75) is 6.92 Å². The Bertz CT molecular complexity index is 611. The molecule has 5 nitrogen and oxygen atoms in total. The lowest BCUT2D eigenvalue weighted by Gasteiger charge is -2.13. The van der Waals surface area contributed by atoms with Crippen LogP contribution in [0.5, 0.6) is 0 Å². The van der Waals surface area contributed by atoms with Crippen LogP contribution in [-0.4, -0.2) is 18.4 Å². The molecule has 0 unspecified atom stereocenters. The van der Waals surface area contributed by atoms with Crippen LogP contribution in [0.3, 0.4) is 0 Å². The Kier molecular flexibility index (Phi) is 2.86. The van der Waals surface area contributed by atoms with E-state index in [0.29, 0.717) is 17.8 Å². The molecule has 2 N–H and O–H groups in total. The minimum absolute atomic E-state index is 0.0995. The van der Waals surface area contributed by atoms with Crippen LogP contribution < -0.4 is 10.6 Å². The van der Waals surface area contributed by atoms with Crippen LogP contribution in [0, 0.1) is 11.3 Å². The molecule has 2 rings (SSSR count). The number of fused-ring (bicyclic) bond motifs is 1. The van der Waals surface area contributed by atoms with Crippen molar-refractivity contribution in [2.75, 3.05) is 11.4 Å². The molecule has 0 saturated heterocycles. The molecule has 1 aromatic carbocycles. The number of nitrogens with two attached hydrogens (primary N) is 1. The maximum atomic E-state index is 12.2. The fourth-order valence-electron chi connectivity index (χ4n) is 2.07. The van der Waals surface area contributed by atoms with Crippen molar-refractivity contribution < 1.29 is 9.59 Å². The summed E-state index contributed by atoms with van der Waals surface area (Å²) in [6.07, 6.45) is 0. The SMILES string of the molecule is CCN1C(=O)/C(=C(\C#N)C(N)=O)c2ccccc21. The first-order valence-corrected chi connectivity index (χ1v) is 5.47. The number of rotatable bonds is 2. The van der Waals surface area contributed by atoms with Gasteiger partial charge in [-0.1, -0.05) is 18.2 Å². The van der Waals surface area contributed by atoms with Crippen LogP contribution in [0.1, 0.15) is 12.5 Å². The molecular formula is C13H11N3O2. The largest absolute Gasteiger partial charge is 0.365 e. The Morgan fingerprint density at radius 3 is 2.67 bits per heavy atom. The highest BCUT2D eigenvalue weighted by atomic mass is 16.2. The van der Waals surface area contributed by atoms with Crippen LogP contribution in [0.25, 0.3) is 5.57 Å². The summed E-state index contributed by atoms with van der Waals surface area (Å²) in [5.74, 6) is -1.23. The van der Waals surface area contributed by atoms with E-state index in [0.717, 1.165) is 0 Å². The maximum Gasteiger partial charge on any atom is 0.260 e. The van der Waals surface area contributed by atoms with Crippen molar-refractivity contribution in [1.82, 2.24) is 0 Å². The number of nitriles is 1. The molecule has 0 bridgehead atoms. The highest BCUT2D eigenvalue weighted by Crippen LogP contribution is 2.37. The molecule has 0 atom stereocenters. The number of nitrogens with zero attached hydrogens (tertiary/aromatic N) is 2. The Hall–Kier alpha value is -2.61. The summed E-state index contributed by atoms with van der Waals surface area (Å²) in [6.45, 7) is 2.30. The molecule has 1 aromatic rings. The first-order chi connectivity index (χ1) is 8.61. The number of hydrogen-bond donors (Lipinski definition) is 1. The van der Waals surface area contributed by atoms with Crippen molar-refractivity contribution in [3.05, 3.63) is 35.4 Å². The van der Waals surface area contributed by atoms with Crippen molar-refractivity contribution in [3.63, 3.8) is 0 Å². The Morgan fingerprint density at radius 2 is 2.11 bits per heavy atom. The van der Waals surface area contributed by atoms with Gasteiger partial charge in [-0.25, -0.2) is 0 Å². The lowest BCUT2D eigenvalue weighted by molar-refractivity contribution is -0.115. The molecule has 2 amide bonds. The number of para-hydroxylation sites is 1. The predicted molar refractivity (Wildman–Crippen MR) is 66.2 cm³/mol. The van der Waals surface area contributed by atoms with E-state index in [-0.39, 0.29) is 17.1 Å². The van der Waals surface area contributed by atoms with Crippen LogP contribution in [0.2, 0.25) is 0 Å². The second-order valence-corrected chi connectivity index (χ2v) is 3.79. The highest BCUT2D eigenvalue weighted by molar-refractivity contribution is 6.36. The molecule has 1 aliphatic heterocycles. The van der Waals surface area contributed by atoms with Crippen molar-refractivity contribution >= 4 is 23.1 Å². The lowest BCUT2D eigenvalue weighted by Crippen LogP contribution is -2.27. The minimum atomic E-state index is -0.881. The molecule has 0 radical (unpaired) electrons. The first kappa shape index (κ1) is 11.9. The second kappa shape index (κ2) is 4.34. The van der Waals surface area contributed by atoms with Gasteiger partial charge in [0, 0.05) is 12.1 Å². The van der Waals surface area contributed by atoms with Crippen LogP contribution in [0.4, 0.5) is 5.69 Å². The van der Waals surface area contributed by atoms with Crippen molar-refractivity contribution in [2.24, 2.45) is 5.73 Å². The van der Waals surface area contributed by atoms with E-state index >= 15 is 0 Å². The highest BCUT2D eigenvalue weighted by Gasteiger charge is 2.34. The van der Waals surface area contributed by atoms with Gasteiger partial charge in [0.05, 0.1) is 11.3 Å². The third kappa shape index (κ3) is 1.55. The molecule has 0 spiro atoms. The standard InChI is InChI=1S/C13H11N3O2/c1-2-16-10-6-4-3-5-8(10)11(13(16)18)9(7-14)12(15)17/h3-6H,2H2,1H3,(H2,15,17)/b11-9+. The number of hydrogen-bond acceptors (Lipinski definition) is 3. The quantitative estimate of drug-likeness (QED) is 0.614. The van der Waals surface area contributed by atoms with Crippen LogP contribution in [0.15, 0.2) is 29.8 Å². The van der Waals surface area contributed by atoms with Crippen molar-refractivity contribution in [3.8, 4) is 6.07 Å². The second-order valence-electron chi connectivity index (χ2n) is 3.79. The molecule has 0 saturated carbocycles. The fourth-order valence-corrected chi connectivity index (χ4v) is 2.07. The molecule has 5 heteroatoms. The van der Waals surface area contributed by atoms with E-state index in [1.54, 1.807) is 30.3 Å². The fraction of sp³-hybridized carbons (Fsp3) is 0.154. The molecule has 1 aliphatic rings. The van der Waals surface area contributed by atoms with Gasteiger partial charge in [-0.15, -0.1) is 0 Å². The number of primary amides is 1. The Morgan fingerprint density at radius 1 is 1.44 bits per heavy atom. The first-order valence-electron chi connectivity index (χ1n) is 5.47. The van der Waals surface area contributed by atoms with Crippen LogP contribution in [-0.2, 0) is 9.59 Å². The number of carbonyl (C=O) groups is 2. The number of benzene rings is 1. The molecule has 0 aliphatic carbocycles. The summed E-state index contributed by atoms with van der Waals surface area (Å²) < 4.78 is 0. The van der Waals surface area contributed by atoms with Gasteiger partial charge in [0.15, 0.2) is 0 Å². The van der Waals surface area contributed by atoms with E-state index < -0.39 is 5.91 Å². The topological polar surface area (TPSA) is 87.2 Å². The van der Waals surface area contributed by atoms with Gasteiger partial charge in [0.25, 0.3) is 11.8 Å². The van der Waals surface area contributed by atoms with Gasteiger partial charge < -0.3 is 10.6 Å². The zero-order valence-corrected chi connectivity index (χ0v) is 9.80. The summed E-state index contributed by atoms with van der Waals surface area (Å²) in [4.78, 5) is 25.0. The smallest absolute Gasteiger partial charge is 0.260 e. The number of anilines is 1. The van der Waals surface area contributed by atoms with Gasteiger partial charge in [0.2, 0.25) is 0 Å². The number of likely N-dealkylation sites (N-methyl/N-ethyl adjacent to an activating group) is 1. The zero-order valence-electron chi connectivity index (χ0n) is 9.80. The summed E-state index contributed by atoms with van der Waals surface area (Å²) in [6, 6.07) is 8.75. The molecular weight excluding hydrogens is 230 g/mol. The third-order valence-electron chi connectivity index (χ3n) is 2.85. The van der Waals surface area contributed by atoms with Crippen molar-refractivity contribution in [1.29, 1.82) is 5.26 Å². The molecule has 90 valence electrons. The Labute approximate surface area is 104 Å². The summed E-state index contributed by atoms with van der Waals surface area (Å²) >= 11 is 0. The monoisotopic (exact) mass is 241 g/mol. The summed E-state index contributed by atoms with van der Waals surface area (Å²) in [5.41, 5.74) is 6.24. The van der Waals surface area contributed by atoms with E-state index in [2.05, 4.69) is 0 Å². The summed E-state index contributed by atoms with van der Waals surface area (Å²) in [7, 11) is 0. The maximum absolute atomic E-state index is 12.2. The molecule has 1 heterocycles. The van der Waals surface area contributed by atoms with E-state index in [1.165, 1.54) is 4.90 Å². The van der Waals surface area contributed by atoms with E-state index in [1.807, 2.05) is 6.92 Å². The molecule has 0 aromatic heterocycles. The van der Waals surface area contributed by atoms with Gasteiger partial charge >= 0.3 is 0 Å².